The van der Waals surface area contributed by atoms with Gasteiger partial charge >= 0.3 is 0 Å². The van der Waals surface area contributed by atoms with E-state index in [0.29, 0.717) is 11.3 Å². The molecule has 3 rings (SSSR count). The highest BCUT2D eigenvalue weighted by atomic mass is 32.2. The highest BCUT2D eigenvalue weighted by Crippen LogP contribution is 2.23. The third-order valence-electron chi connectivity index (χ3n) is 4.44. The summed E-state index contributed by atoms with van der Waals surface area (Å²) in [5.74, 6) is -0.223. The zero-order valence-corrected chi connectivity index (χ0v) is 16.4. The zero-order chi connectivity index (χ0) is 19.4. The lowest BCUT2D eigenvalue weighted by atomic mass is 10.2. The molecule has 0 aliphatic carbocycles. The molecule has 2 aromatic rings. The van der Waals surface area contributed by atoms with Crippen molar-refractivity contribution in [1.29, 1.82) is 0 Å². The molecule has 0 radical (unpaired) electrons. The van der Waals surface area contributed by atoms with Crippen LogP contribution in [0.5, 0.6) is 0 Å². The number of rotatable bonds is 6. The van der Waals surface area contributed by atoms with Gasteiger partial charge in [0, 0.05) is 36.1 Å². The normalized spacial score (nSPS) is 14.4. The number of carbonyl (C=O) groups excluding carboxylic acids is 1. The molecule has 0 saturated carbocycles. The Bertz CT molecular complexity index is 885. The van der Waals surface area contributed by atoms with Crippen LogP contribution in [0.2, 0.25) is 0 Å². The summed E-state index contributed by atoms with van der Waals surface area (Å²) in [6, 6.07) is 13.3. The summed E-state index contributed by atoms with van der Waals surface area (Å²) in [4.78, 5) is 14.4. The van der Waals surface area contributed by atoms with Gasteiger partial charge in [-0.2, -0.15) is 0 Å². The van der Waals surface area contributed by atoms with Crippen molar-refractivity contribution in [2.75, 3.05) is 22.7 Å². The molecule has 1 aliphatic heterocycles. The maximum atomic E-state index is 12.6. The molecule has 0 atom stereocenters. The van der Waals surface area contributed by atoms with Crippen molar-refractivity contribution in [3.05, 3.63) is 54.1 Å². The van der Waals surface area contributed by atoms with Gasteiger partial charge in [-0.25, -0.2) is 8.42 Å². The van der Waals surface area contributed by atoms with Gasteiger partial charge in [0.1, 0.15) is 0 Å². The van der Waals surface area contributed by atoms with Crippen LogP contribution < -0.4 is 14.9 Å². The lowest BCUT2D eigenvalue weighted by molar-refractivity contribution is 0.0943. The summed E-state index contributed by atoms with van der Waals surface area (Å²) < 4.78 is 27.7. The fourth-order valence-corrected chi connectivity index (χ4v) is 4.12. The fraction of sp³-hybridized carbons (Fsp3) is 0.350. The van der Waals surface area contributed by atoms with Gasteiger partial charge in [-0.1, -0.05) is 0 Å². The Kier molecular flexibility index (Phi) is 5.70. The van der Waals surface area contributed by atoms with Gasteiger partial charge in [-0.15, -0.1) is 0 Å². The van der Waals surface area contributed by atoms with E-state index < -0.39 is 10.0 Å². The quantitative estimate of drug-likeness (QED) is 0.798. The predicted octanol–water partition coefficient (Wildman–Crippen LogP) is 3.23. The summed E-state index contributed by atoms with van der Waals surface area (Å²) in [6.07, 6.45) is 2.39. The Morgan fingerprint density at radius 1 is 0.963 bits per heavy atom. The van der Waals surface area contributed by atoms with Crippen molar-refractivity contribution < 1.29 is 13.2 Å². The second-order valence-corrected chi connectivity index (χ2v) is 8.68. The Morgan fingerprint density at radius 2 is 1.56 bits per heavy atom. The van der Waals surface area contributed by atoms with Gasteiger partial charge < -0.3 is 10.2 Å². The van der Waals surface area contributed by atoms with Crippen LogP contribution in [0.1, 0.15) is 37.0 Å². The molecule has 1 saturated heterocycles. The van der Waals surface area contributed by atoms with Crippen molar-refractivity contribution in [3.8, 4) is 0 Å². The third-order valence-corrected chi connectivity index (χ3v) is 5.83. The molecule has 0 spiro atoms. The molecule has 1 amide bonds. The average Bonchev–Trinajstić information content (AvgIpc) is 3.16. The van der Waals surface area contributed by atoms with E-state index in [1.54, 1.807) is 12.1 Å². The van der Waals surface area contributed by atoms with Gasteiger partial charge in [0.2, 0.25) is 0 Å². The standard InChI is InChI=1S/C20H25N3O3S/c1-15(2)21-20(24)16-5-11-19(12-6-16)27(25,26)22-17-7-9-18(10-8-17)23-13-3-4-14-23/h5-12,15,22H,3-4,13-14H2,1-2H3,(H,21,24). The van der Waals surface area contributed by atoms with Crippen LogP contribution in [0, 0.1) is 0 Å². The van der Waals surface area contributed by atoms with E-state index >= 15 is 0 Å². The second-order valence-electron chi connectivity index (χ2n) is 7.00. The number of anilines is 2. The maximum Gasteiger partial charge on any atom is 0.261 e. The van der Waals surface area contributed by atoms with Crippen LogP contribution in [0.15, 0.2) is 53.4 Å². The predicted molar refractivity (Wildman–Crippen MR) is 108 cm³/mol. The van der Waals surface area contributed by atoms with Crippen LogP contribution >= 0.6 is 0 Å². The highest BCUT2D eigenvalue weighted by Gasteiger charge is 2.16. The van der Waals surface area contributed by atoms with Crippen molar-refractivity contribution in [1.82, 2.24) is 5.32 Å². The minimum absolute atomic E-state index is 0.0195. The van der Waals surface area contributed by atoms with E-state index in [-0.39, 0.29) is 16.8 Å². The fourth-order valence-electron chi connectivity index (χ4n) is 3.06. The summed E-state index contributed by atoms with van der Waals surface area (Å²) in [7, 11) is -3.71. The van der Waals surface area contributed by atoms with Gasteiger partial charge in [-0.05, 0) is 75.2 Å². The summed E-state index contributed by atoms with van der Waals surface area (Å²) >= 11 is 0. The Hall–Kier alpha value is -2.54. The van der Waals surface area contributed by atoms with Gasteiger partial charge in [0.25, 0.3) is 15.9 Å². The number of nitrogens with zero attached hydrogens (tertiary/aromatic N) is 1. The molecule has 0 bridgehead atoms. The first-order valence-electron chi connectivity index (χ1n) is 9.14. The highest BCUT2D eigenvalue weighted by molar-refractivity contribution is 7.92. The molecule has 27 heavy (non-hydrogen) atoms. The molecule has 1 aliphatic rings. The minimum Gasteiger partial charge on any atom is -0.372 e. The molecule has 1 fully saturated rings. The van der Waals surface area contributed by atoms with Crippen molar-refractivity contribution in [3.63, 3.8) is 0 Å². The van der Waals surface area contributed by atoms with Crippen molar-refractivity contribution >= 4 is 27.3 Å². The number of amides is 1. The molecular weight excluding hydrogens is 362 g/mol. The van der Waals surface area contributed by atoms with Gasteiger partial charge in [0.15, 0.2) is 0 Å². The molecule has 1 heterocycles. The second kappa shape index (κ2) is 8.00. The topological polar surface area (TPSA) is 78.5 Å². The Labute approximate surface area is 160 Å². The number of benzene rings is 2. The zero-order valence-electron chi connectivity index (χ0n) is 15.6. The van der Waals surface area contributed by atoms with E-state index in [0.717, 1.165) is 18.8 Å². The molecule has 0 aromatic heterocycles. The van der Waals surface area contributed by atoms with E-state index in [4.69, 9.17) is 0 Å². The molecule has 144 valence electrons. The minimum atomic E-state index is -3.71. The molecule has 0 unspecified atom stereocenters. The molecule has 6 nitrogen and oxygen atoms in total. The molecular formula is C20H25N3O3S. The average molecular weight is 388 g/mol. The van der Waals surface area contributed by atoms with Crippen LogP contribution in [0.25, 0.3) is 0 Å². The third kappa shape index (κ3) is 4.80. The Balaban J connectivity index is 1.69. The number of nitrogens with one attached hydrogen (secondary N) is 2. The number of hydrogen-bond donors (Lipinski definition) is 2. The van der Waals surface area contributed by atoms with E-state index in [9.17, 15) is 13.2 Å². The SMILES string of the molecule is CC(C)NC(=O)c1ccc(S(=O)(=O)Nc2ccc(N3CCCC3)cc2)cc1. The van der Waals surface area contributed by atoms with Gasteiger partial charge in [-0.3, -0.25) is 9.52 Å². The molecule has 2 N–H and O–H groups in total. The Morgan fingerprint density at radius 3 is 2.11 bits per heavy atom. The lowest BCUT2D eigenvalue weighted by Gasteiger charge is -2.18. The lowest BCUT2D eigenvalue weighted by Crippen LogP contribution is -2.30. The van der Waals surface area contributed by atoms with Crippen LogP contribution in [0.3, 0.4) is 0 Å². The largest absolute Gasteiger partial charge is 0.372 e. The van der Waals surface area contributed by atoms with Crippen molar-refractivity contribution in [2.24, 2.45) is 0 Å². The number of hydrogen-bond acceptors (Lipinski definition) is 4. The van der Waals surface area contributed by atoms with Crippen LogP contribution in [-0.2, 0) is 10.0 Å². The molecule has 7 heteroatoms. The van der Waals surface area contributed by atoms with E-state index in [1.807, 2.05) is 26.0 Å². The number of sulfonamides is 1. The van der Waals surface area contributed by atoms with E-state index in [1.165, 1.54) is 37.1 Å². The smallest absolute Gasteiger partial charge is 0.261 e. The monoisotopic (exact) mass is 387 g/mol. The first-order valence-corrected chi connectivity index (χ1v) is 10.6. The van der Waals surface area contributed by atoms with Crippen LogP contribution in [-0.4, -0.2) is 33.5 Å². The van der Waals surface area contributed by atoms with Gasteiger partial charge in [0.05, 0.1) is 4.90 Å². The van der Waals surface area contributed by atoms with E-state index in [2.05, 4.69) is 14.9 Å². The maximum absolute atomic E-state index is 12.6. The first-order chi connectivity index (χ1) is 12.8. The van der Waals surface area contributed by atoms with Crippen molar-refractivity contribution in [2.45, 2.75) is 37.6 Å². The summed E-state index contributed by atoms with van der Waals surface area (Å²) in [5, 5.41) is 2.78. The summed E-state index contributed by atoms with van der Waals surface area (Å²) in [5.41, 5.74) is 2.05. The van der Waals surface area contributed by atoms with Crippen LogP contribution in [0.4, 0.5) is 11.4 Å². The molecule has 2 aromatic carbocycles. The number of carbonyl (C=O) groups is 1. The first kappa shape index (κ1) is 19.2. The summed E-state index contributed by atoms with van der Waals surface area (Å²) in [6.45, 7) is 5.83.